The summed E-state index contributed by atoms with van der Waals surface area (Å²) in [5.74, 6) is 0. The summed E-state index contributed by atoms with van der Waals surface area (Å²) in [5, 5.41) is 0. The summed E-state index contributed by atoms with van der Waals surface area (Å²) in [6.07, 6.45) is 3.74. The first-order chi connectivity index (χ1) is 7.78. The van der Waals surface area contributed by atoms with Crippen LogP contribution in [0.3, 0.4) is 0 Å². The van der Waals surface area contributed by atoms with Gasteiger partial charge < -0.3 is 4.90 Å². The van der Waals surface area contributed by atoms with E-state index in [1.165, 1.54) is 13.1 Å². The topological polar surface area (TPSA) is 32.3 Å². The lowest BCUT2D eigenvalue weighted by Gasteiger charge is -2.33. The minimum Gasteiger partial charge on any atom is -0.301 e. The molecule has 2 heterocycles. The van der Waals surface area contributed by atoms with E-state index >= 15 is 0 Å². The standard InChI is InChI=1S/C12H20N4/c1-3-15-4-6-16(7-5-15)10-12-9-13-11(2)8-14-12/h8-9H,3-7,10H2,1-2H3. The largest absolute Gasteiger partial charge is 0.301 e. The Morgan fingerprint density at radius 2 is 1.75 bits per heavy atom. The average Bonchev–Trinajstić information content (AvgIpc) is 2.33. The first-order valence-electron chi connectivity index (χ1n) is 6.00. The molecule has 1 aromatic heterocycles. The van der Waals surface area contributed by atoms with Crippen LogP contribution in [0.5, 0.6) is 0 Å². The summed E-state index contributed by atoms with van der Waals surface area (Å²) in [5.41, 5.74) is 2.06. The van der Waals surface area contributed by atoms with Crippen LogP contribution >= 0.6 is 0 Å². The summed E-state index contributed by atoms with van der Waals surface area (Å²) >= 11 is 0. The molecule has 0 unspecified atom stereocenters. The van der Waals surface area contributed by atoms with E-state index in [9.17, 15) is 0 Å². The molecule has 16 heavy (non-hydrogen) atoms. The van der Waals surface area contributed by atoms with E-state index in [1.807, 2.05) is 19.3 Å². The van der Waals surface area contributed by atoms with Crippen LogP contribution in [0.25, 0.3) is 0 Å². The Balaban J connectivity index is 1.84. The molecule has 0 aliphatic carbocycles. The first kappa shape index (κ1) is 11.5. The molecular formula is C12H20N4. The van der Waals surface area contributed by atoms with Crippen LogP contribution in [0, 0.1) is 6.92 Å². The summed E-state index contributed by atoms with van der Waals surface area (Å²) in [6, 6.07) is 0. The normalized spacial score (nSPS) is 18.9. The van der Waals surface area contributed by atoms with Crippen molar-refractivity contribution in [1.29, 1.82) is 0 Å². The van der Waals surface area contributed by atoms with E-state index in [0.29, 0.717) is 0 Å². The molecule has 1 aliphatic heterocycles. The van der Waals surface area contributed by atoms with Gasteiger partial charge in [-0.1, -0.05) is 6.92 Å². The summed E-state index contributed by atoms with van der Waals surface area (Å²) in [6.45, 7) is 10.9. The maximum absolute atomic E-state index is 4.39. The van der Waals surface area contributed by atoms with Gasteiger partial charge in [-0.25, -0.2) is 0 Å². The fourth-order valence-electron chi connectivity index (χ4n) is 1.99. The minimum absolute atomic E-state index is 0.935. The molecule has 4 heteroatoms. The van der Waals surface area contributed by atoms with Gasteiger partial charge >= 0.3 is 0 Å². The molecule has 0 N–H and O–H groups in total. The van der Waals surface area contributed by atoms with Crippen molar-refractivity contribution >= 4 is 0 Å². The molecule has 0 radical (unpaired) electrons. The smallest absolute Gasteiger partial charge is 0.0727 e. The van der Waals surface area contributed by atoms with Gasteiger partial charge in [0, 0.05) is 45.1 Å². The van der Waals surface area contributed by atoms with Gasteiger partial charge in [-0.05, 0) is 13.5 Å². The average molecular weight is 220 g/mol. The Bertz CT molecular complexity index is 314. The van der Waals surface area contributed by atoms with Gasteiger partial charge in [0.15, 0.2) is 0 Å². The number of likely N-dealkylation sites (N-methyl/N-ethyl adjacent to an activating group) is 1. The predicted octanol–water partition coefficient (Wildman–Crippen LogP) is 0.923. The summed E-state index contributed by atoms with van der Waals surface area (Å²) in [4.78, 5) is 13.6. The van der Waals surface area contributed by atoms with Crippen LogP contribution in [0.15, 0.2) is 12.4 Å². The Hall–Kier alpha value is -1.00. The van der Waals surface area contributed by atoms with Crippen LogP contribution < -0.4 is 0 Å². The van der Waals surface area contributed by atoms with Crippen LogP contribution in [-0.4, -0.2) is 52.5 Å². The molecule has 0 aromatic carbocycles. The van der Waals surface area contributed by atoms with Crippen molar-refractivity contribution in [2.75, 3.05) is 32.7 Å². The third-order valence-electron chi connectivity index (χ3n) is 3.13. The van der Waals surface area contributed by atoms with Gasteiger partial charge in [0.25, 0.3) is 0 Å². The number of hydrogen-bond donors (Lipinski definition) is 0. The van der Waals surface area contributed by atoms with Gasteiger partial charge in [-0.15, -0.1) is 0 Å². The highest BCUT2D eigenvalue weighted by molar-refractivity contribution is 5.00. The first-order valence-corrected chi connectivity index (χ1v) is 6.00. The monoisotopic (exact) mass is 220 g/mol. The van der Waals surface area contributed by atoms with Crippen molar-refractivity contribution in [3.8, 4) is 0 Å². The highest BCUT2D eigenvalue weighted by Crippen LogP contribution is 2.05. The summed E-state index contributed by atoms with van der Waals surface area (Å²) < 4.78 is 0. The fourth-order valence-corrected chi connectivity index (χ4v) is 1.99. The molecule has 4 nitrogen and oxygen atoms in total. The van der Waals surface area contributed by atoms with Crippen LogP contribution in [-0.2, 0) is 6.54 Å². The molecule has 0 spiro atoms. The number of aromatic nitrogens is 2. The lowest BCUT2D eigenvalue weighted by atomic mass is 10.3. The third-order valence-corrected chi connectivity index (χ3v) is 3.13. The molecule has 1 saturated heterocycles. The van der Waals surface area contributed by atoms with Crippen LogP contribution in [0.2, 0.25) is 0 Å². The Morgan fingerprint density at radius 3 is 2.31 bits per heavy atom. The quantitative estimate of drug-likeness (QED) is 0.758. The lowest BCUT2D eigenvalue weighted by molar-refractivity contribution is 0.130. The van der Waals surface area contributed by atoms with E-state index < -0.39 is 0 Å². The highest BCUT2D eigenvalue weighted by Gasteiger charge is 2.15. The van der Waals surface area contributed by atoms with Gasteiger partial charge in [-0.2, -0.15) is 0 Å². The van der Waals surface area contributed by atoms with Gasteiger partial charge in [0.2, 0.25) is 0 Å². The van der Waals surface area contributed by atoms with Crippen molar-refractivity contribution in [1.82, 2.24) is 19.8 Å². The minimum atomic E-state index is 0.935. The van der Waals surface area contributed by atoms with Crippen LogP contribution in [0.4, 0.5) is 0 Å². The number of rotatable bonds is 3. The maximum atomic E-state index is 4.39. The van der Waals surface area contributed by atoms with Crippen molar-refractivity contribution < 1.29 is 0 Å². The molecule has 0 saturated carbocycles. The molecule has 88 valence electrons. The van der Waals surface area contributed by atoms with E-state index in [2.05, 4.69) is 26.7 Å². The zero-order valence-electron chi connectivity index (χ0n) is 10.2. The maximum Gasteiger partial charge on any atom is 0.0727 e. The van der Waals surface area contributed by atoms with Crippen molar-refractivity contribution in [3.63, 3.8) is 0 Å². The molecule has 2 rings (SSSR count). The van der Waals surface area contributed by atoms with Gasteiger partial charge in [0.1, 0.15) is 0 Å². The molecule has 1 fully saturated rings. The number of aryl methyl sites for hydroxylation is 1. The van der Waals surface area contributed by atoms with Gasteiger partial charge in [0.05, 0.1) is 11.4 Å². The second-order valence-electron chi connectivity index (χ2n) is 4.36. The molecule has 0 bridgehead atoms. The van der Waals surface area contributed by atoms with E-state index in [4.69, 9.17) is 0 Å². The Morgan fingerprint density at radius 1 is 1.06 bits per heavy atom. The molecule has 0 amide bonds. The SMILES string of the molecule is CCN1CCN(Cc2cnc(C)cn2)CC1. The van der Waals surface area contributed by atoms with E-state index in [0.717, 1.165) is 37.6 Å². The fraction of sp³-hybridized carbons (Fsp3) is 0.667. The van der Waals surface area contributed by atoms with E-state index in [1.54, 1.807) is 0 Å². The van der Waals surface area contributed by atoms with Crippen LogP contribution in [0.1, 0.15) is 18.3 Å². The highest BCUT2D eigenvalue weighted by atomic mass is 15.3. The Kier molecular flexibility index (Phi) is 3.85. The second-order valence-corrected chi connectivity index (χ2v) is 4.36. The second kappa shape index (κ2) is 5.37. The zero-order chi connectivity index (χ0) is 11.4. The molecule has 1 aromatic rings. The third kappa shape index (κ3) is 3.00. The predicted molar refractivity (Wildman–Crippen MR) is 64.2 cm³/mol. The number of piperazine rings is 1. The summed E-state index contributed by atoms with van der Waals surface area (Å²) in [7, 11) is 0. The van der Waals surface area contributed by atoms with E-state index in [-0.39, 0.29) is 0 Å². The molecule has 1 aliphatic rings. The van der Waals surface area contributed by atoms with Gasteiger partial charge in [-0.3, -0.25) is 14.9 Å². The van der Waals surface area contributed by atoms with Crippen molar-refractivity contribution in [2.45, 2.75) is 20.4 Å². The number of nitrogens with zero attached hydrogens (tertiary/aromatic N) is 4. The lowest BCUT2D eigenvalue weighted by Crippen LogP contribution is -2.45. The van der Waals surface area contributed by atoms with Crippen molar-refractivity contribution in [2.24, 2.45) is 0 Å². The van der Waals surface area contributed by atoms with Crippen molar-refractivity contribution in [3.05, 3.63) is 23.8 Å². The molecular weight excluding hydrogens is 200 g/mol. The zero-order valence-corrected chi connectivity index (χ0v) is 10.2. The Labute approximate surface area is 97.3 Å². The molecule has 0 atom stereocenters. The number of hydrogen-bond acceptors (Lipinski definition) is 4.